The molecule has 144 valence electrons. The fraction of sp³-hybridized carbons (Fsp3) is 0.381. The maximum Gasteiger partial charge on any atom is 0.251 e. The Balaban J connectivity index is 1.36. The van der Waals surface area contributed by atoms with Crippen LogP contribution in [0, 0.1) is 0 Å². The van der Waals surface area contributed by atoms with Crippen molar-refractivity contribution in [1.29, 1.82) is 0 Å². The number of nitrogens with one attached hydrogen (secondary N) is 1. The number of hydrogen-bond donors (Lipinski definition) is 1. The minimum absolute atomic E-state index is 0.0459. The summed E-state index contributed by atoms with van der Waals surface area (Å²) in [6.07, 6.45) is 6.19. The number of benzene rings is 1. The van der Waals surface area contributed by atoms with Gasteiger partial charge in [-0.15, -0.1) is 5.10 Å². The predicted octanol–water partition coefficient (Wildman–Crippen LogP) is 2.97. The second kappa shape index (κ2) is 7.14. The molecule has 4 heterocycles. The fourth-order valence-electron chi connectivity index (χ4n) is 3.97. The number of ether oxygens (including phenoxy) is 1. The van der Waals surface area contributed by atoms with Crippen molar-refractivity contribution in [2.75, 3.05) is 24.6 Å². The van der Waals surface area contributed by atoms with Gasteiger partial charge in [-0.1, -0.05) is 18.2 Å². The highest BCUT2D eigenvalue weighted by atomic mass is 16.5. The summed E-state index contributed by atoms with van der Waals surface area (Å²) in [4.78, 5) is 19.7. The first kappa shape index (κ1) is 17.0. The van der Waals surface area contributed by atoms with Gasteiger partial charge in [-0.05, 0) is 37.5 Å². The van der Waals surface area contributed by atoms with Gasteiger partial charge in [0.25, 0.3) is 5.91 Å². The summed E-state index contributed by atoms with van der Waals surface area (Å²) >= 11 is 0. The Morgan fingerprint density at radius 3 is 2.89 bits per heavy atom. The normalized spacial score (nSPS) is 19.1. The van der Waals surface area contributed by atoms with Crippen molar-refractivity contribution in [3.8, 4) is 5.75 Å². The number of carbonyl (C=O) groups is 1. The van der Waals surface area contributed by atoms with E-state index in [1.807, 2.05) is 30.5 Å². The van der Waals surface area contributed by atoms with Crippen LogP contribution in [-0.2, 0) is 0 Å². The van der Waals surface area contributed by atoms with Crippen LogP contribution in [0.4, 0.5) is 5.95 Å². The van der Waals surface area contributed by atoms with E-state index in [1.54, 1.807) is 16.6 Å². The van der Waals surface area contributed by atoms with E-state index in [4.69, 9.17) is 4.74 Å². The molecule has 2 aliphatic rings. The number of aromatic nitrogens is 3. The highest BCUT2D eigenvalue weighted by Crippen LogP contribution is 2.31. The second-order valence-electron chi connectivity index (χ2n) is 7.38. The number of fused-ring (bicyclic) bond motifs is 2. The topological polar surface area (TPSA) is 71.8 Å². The standard InChI is InChI=1S/C21H23N5O2/c27-20(22-17-9-13-28-18-7-3-2-6-16(17)18)15-8-12-26-19(14-15)23-21(24-26)25-10-4-1-5-11-25/h2-3,6-8,12,14,17H,1,4-5,9-11,13H2,(H,22,27)/t17-/m0/s1. The minimum Gasteiger partial charge on any atom is -0.493 e. The Hall–Kier alpha value is -3.09. The Bertz CT molecular complexity index is 1010. The first-order chi connectivity index (χ1) is 13.8. The summed E-state index contributed by atoms with van der Waals surface area (Å²) in [6, 6.07) is 11.4. The highest BCUT2D eigenvalue weighted by molar-refractivity contribution is 5.95. The molecular formula is C21H23N5O2. The molecule has 7 nitrogen and oxygen atoms in total. The largest absolute Gasteiger partial charge is 0.493 e. The molecule has 1 aromatic carbocycles. The third-order valence-electron chi connectivity index (χ3n) is 5.49. The van der Waals surface area contributed by atoms with Gasteiger partial charge < -0.3 is 15.0 Å². The van der Waals surface area contributed by atoms with Crippen molar-refractivity contribution in [1.82, 2.24) is 19.9 Å². The molecule has 2 aliphatic heterocycles. The summed E-state index contributed by atoms with van der Waals surface area (Å²) in [5.41, 5.74) is 2.31. The Morgan fingerprint density at radius 1 is 1.14 bits per heavy atom. The molecule has 7 heteroatoms. The smallest absolute Gasteiger partial charge is 0.251 e. The zero-order valence-electron chi connectivity index (χ0n) is 15.7. The summed E-state index contributed by atoms with van der Waals surface area (Å²) in [6.45, 7) is 2.59. The number of rotatable bonds is 3. The van der Waals surface area contributed by atoms with Gasteiger partial charge in [0, 0.05) is 36.8 Å². The lowest BCUT2D eigenvalue weighted by atomic mass is 10.0. The molecule has 1 saturated heterocycles. The van der Waals surface area contributed by atoms with E-state index in [1.165, 1.54) is 19.3 Å². The number of anilines is 1. The molecule has 5 rings (SSSR count). The van der Waals surface area contributed by atoms with Gasteiger partial charge in [0.15, 0.2) is 5.65 Å². The van der Waals surface area contributed by atoms with Crippen LogP contribution in [0.3, 0.4) is 0 Å². The van der Waals surface area contributed by atoms with Gasteiger partial charge in [0.2, 0.25) is 5.95 Å². The molecular weight excluding hydrogens is 354 g/mol. The molecule has 1 fully saturated rings. The van der Waals surface area contributed by atoms with Crippen molar-refractivity contribution in [2.45, 2.75) is 31.7 Å². The molecule has 0 radical (unpaired) electrons. The first-order valence-corrected chi connectivity index (χ1v) is 9.92. The fourth-order valence-corrected chi connectivity index (χ4v) is 3.97. The third-order valence-corrected chi connectivity index (χ3v) is 5.49. The van der Waals surface area contributed by atoms with E-state index in [-0.39, 0.29) is 11.9 Å². The molecule has 1 N–H and O–H groups in total. The number of carbonyl (C=O) groups excluding carboxylic acids is 1. The highest BCUT2D eigenvalue weighted by Gasteiger charge is 2.23. The van der Waals surface area contributed by atoms with Gasteiger partial charge in [0.05, 0.1) is 12.6 Å². The zero-order valence-corrected chi connectivity index (χ0v) is 15.7. The van der Waals surface area contributed by atoms with Crippen molar-refractivity contribution >= 4 is 17.5 Å². The van der Waals surface area contributed by atoms with Crippen molar-refractivity contribution in [3.63, 3.8) is 0 Å². The molecule has 0 aliphatic carbocycles. The van der Waals surface area contributed by atoms with Crippen LogP contribution in [-0.4, -0.2) is 40.2 Å². The number of nitrogens with zero attached hydrogens (tertiary/aromatic N) is 4. The number of pyridine rings is 1. The van der Waals surface area contributed by atoms with E-state index in [9.17, 15) is 4.79 Å². The van der Waals surface area contributed by atoms with Crippen LogP contribution in [0.1, 0.15) is 47.6 Å². The number of piperidine rings is 1. The Kier molecular flexibility index (Phi) is 4.35. The molecule has 1 amide bonds. The van der Waals surface area contributed by atoms with Crippen LogP contribution in [0.5, 0.6) is 5.75 Å². The number of amides is 1. The molecule has 2 aromatic heterocycles. The number of hydrogen-bond acceptors (Lipinski definition) is 5. The van der Waals surface area contributed by atoms with E-state index in [0.29, 0.717) is 17.8 Å². The van der Waals surface area contributed by atoms with Crippen LogP contribution in [0.2, 0.25) is 0 Å². The molecule has 0 spiro atoms. The van der Waals surface area contributed by atoms with Crippen molar-refractivity contribution < 1.29 is 9.53 Å². The van der Waals surface area contributed by atoms with E-state index >= 15 is 0 Å². The average Bonchev–Trinajstić information content (AvgIpc) is 3.18. The summed E-state index contributed by atoms with van der Waals surface area (Å²) < 4.78 is 7.42. The summed E-state index contributed by atoms with van der Waals surface area (Å²) in [5, 5.41) is 7.70. The lowest BCUT2D eigenvalue weighted by Gasteiger charge is -2.26. The predicted molar refractivity (Wildman–Crippen MR) is 106 cm³/mol. The van der Waals surface area contributed by atoms with Crippen LogP contribution in [0.15, 0.2) is 42.6 Å². The van der Waals surface area contributed by atoms with Crippen LogP contribution >= 0.6 is 0 Å². The van der Waals surface area contributed by atoms with Crippen LogP contribution < -0.4 is 15.0 Å². The van der Waals surface area contributed by atoms with Gasteiger partial charge in [-0.25, -0.2) is 4.52 Å². The first-order valence-electron chi connectivity index (χ1n) is 9.92. The van der Waals surface area contributed by atoms with Crippen molar-refractivity contribution in [3.05, 3.63) is 53.7 Å². The molecule has 0 bridgehead atoms. The molecule has 0 unspecified atom stereocenters. The molecule has 0 saturated carbocycles. The summed E-state index contributed by atoms with van der Waals surface area (Å²) in [5.74, 6) is 1.49. The third kappa shape index (κ3) is 3.17. The van der Waals surface area contributed by atoms with Gasteiger partial charge in [-0.2, -0.15) is 4.98 Å². The lowest BCUT2D eigenvalue weighted by molar-refractivity contribution is 0.0924. The van der Waals surface area contributed by atoms with Crippen LogP contribution in [0.25, 0.3) is 5.65 Å². The zero-order chi connectivity index (χ0) is 18.9. The lowest BCUT2D eigenvalue weighted by Crippen LogP contribution is -2.32. The van der Waals surface area contributed by atoms with Gasteiger partial charge in [0.1, 0.15) is 5.75 Å². The Morgan fingerprint density at radius 2 is 2.00 bits per heavy atom. The summed E-state index contributed by atoms with van der Waals surface area (Å²) in [7, 11) is 0. The molecule has 1 atom stereocenters. The SMILES string of the molecule is O=C(N[C@H]1CCOc2ccccc21)c1ccn2nc(N3CCCCC3)nc2c1. The Labute approximate surface area is 163 Å². The van der Waals surface area contributed by atoms with E-state index < -0.39 is 0 Å². The maximum atomic E-state index is 12.9. The van der Waals surface area contributed by atoms with Gasteiger partial charge >= 0.3 is 0 Å². The molecule has 28 heavy (non-hydrogen) atoms. The van der Waals surface area contributed by atoms with Gasteiger partial charge in [-0.3, -0.25) is 4.79 Å². The minimum atomic E-state index is -0.105. The quantitative estimate of drug-likeness (QED) is 0.760. The van der Waals surface area contributed by atoms with E-state index in [0.717, 1.165) is 36.8 Å². The monoisotopic (exact) mass is 377 g/mol. The average molecular weight is 377 g/mol. The maximum absolute atomic E-state index is 12.9. The molecule has 3 aromatic rings. The van der Waals surface area contributed by atoms with E-state index in [2.05, 4.69) is 20.3 Å². The van der Waals surface area contributed by atoms with Crippen molar-refractivity contribution in [2.24, 2.45) is 0 Å². The number of para-hydroxylation sites is 1. The second-order valence-corrected chi connectivity index (χ2v) is 7.38.